The second-order valence-corrected chi connectivity index (χ2v) is 5.30. The van der Waals surface area contributed by atoms with E-state index < -0.39 is 0 Å². The first-order chi connectivity index (χ1) is 8.58. The number of hydrogen-bond acceptors (Lipinski definition) is 2. The molecule has 0 radical (unpaired) electrons. The van der Waals surface area contributed by atoms with Gasteiger partial charge in [0, 0.05) is 34.6 Å². The topological polar surface area (TPSA) is 34.9 Å². The van der Waals surface area contributed by atoms with Gasteiger partial charge < -0.3 is 0 Å². The number of pyridine rings is 1. The summed E-state index contributed by atoms with van der Waals surface area (Å²) in [6.45, 7) is 3.57. The van der Waals surface area contributed by atoms with Crippen LogP contribution in [0.5, 0.6) is 0 Å². The molecule has 0 aliphatic carbocycles. The molecule has 0 unspecified atom stereocenters. The van der Waals surface area contributed by atoms with Gasteiger partial charge in [-0.3, -0.25) is 14.3 Å². The van der Waals surface area contributed by atoms with E-state index in [2.05, 4.69) is 20.9 Å². The quantitative estimate of drug-likeness (QED) is 0.631. The van der Waals surface area contributed by atoms with E-state index in [1.165, 1.54) is 0 Å². The third-order valence-electron chi connectivity index (χ3n) is 3.13. The molecule has 2 aromatic heterocycles. The number of benzene rings is 1. The molecule has 0 aliphatic heterocycles. The molecule has 0 saturated heterocycles. The number of nitrogens with zero attached hydrogens (tertiary/aromatic N) is 2. The van der Waals surface area contributed by atoms with Crippen LogP contribution in [0, 0.1) is 6.92 Å². The summed E-state index contributed by atoms with van der Waals surface area (Å²) in [5.41, 5.74) is 2.90. The average Bonchev–Trinajstić information content (AvgIpc) is 2.67. The lowest BCUT2D eigenvalue weighted by Crippen LogP contribution is -2.03. The molecule has 4 heteroatoms. The van der Waals surface area contributed by atoms with Crippen molar-refractivity contribution >= 4 is 43.6 Å². The Morgan fingerprint density at radius 2 is 2.11 bits per heavy atom. The van der Waals surface area contributed by atoms with Gasteiger partial charge in [0.05, 0.1) is 11.0 Å². The van der Waals surface area contributed by atoms with Crippen LogP contribution in [-0.2, 0) is 0 Å². The summed E-state index contributed by atoms with van der Waals surface area (Å²) in [6.07, 6.45) is 3.70. The van der Waals surface area contributed by atoms with Gasteiger partial charge in [-0.2, -0.15) is 0 Å². The molecule has 0 saturated carbocycles. The molecular weight excluding hydrogens is 292 g/mol. The fourth-order valence-corrected chi connectivity index (χ4v) is 2.63. The lowest BCUT2D eigenvalue weighted by Gasteiger charge is -2.04. The van der Waals surface area contributed by atoms with Crippen LogP contribution >= 0.6 is 15.9 Å². The second-order valence-electron chi connectivity index (χ2n) is 4.38. The molecule has 90 valence electrons. The zero-order valence-electron chi connectivity index (χ0n) is 10.1. The average molecular weight is 303 g/mol. The Labute approximate surface area is 113 Å². The Balaban J connectivity index is 2.56. The van der Waals surface area contributed by atoms with Crippen molar-refractivity contribution < 1.29 is 4.79 Å². The molecule has 1 aromatic carbocycles. The van der Waals surface area contributed by atoms with Gasteiger partial charge in [0.1, 0.15) is 0 Å². The molecule has 3 aromatic rings. The van der Waals surface area contributed by atoms with E-state index in [0.717, 1.165) is 31.8 Å². The zero-order chi connectivity index (χ0) is 12.9. The Bertz CT molecular complexity index is 789. The van der Waals surface area contributed by atoms with Gasteiger partial charge in [-0.15, -0.1) is 0 Å². The zero-order valence-corrected chi connectivity index (χ0v) is 11.7. The molecule has 3 nitrogen and oxygen atoms in total. The first kappa shape index (κ1) is 11.4. The number of carbonyl (C=O) groups excluding carboxylic acids is 1. The minimum absolute atomic E-state index is 0.0171. The summed E-state index contributed by atoms with van der Waals surface area (Å²) in [5, 5.41) is 2.03. The van der Waals surface area contributed by atoms with Crippen LogP contribution in [0.25, 0.3) is 21.8 Å². The highest BCUT2D eigenvalue weighted by Crippen LogP contribution is 2.29. The fourth-order valence-electron chi connectivity index (χ4n) is 2.28. The number of aryl methyl sites for hydroxylation is 1. The summed E-state index contributed by atoms with van der Waals surface area (Å²) < 4.78 is 2.68. The largest absolute Gasteiger partial charge is 0.286 e. The van der Waals surface area contributed by atoms with Crippen LogP contribution in [0.1, 0.15) is 17.3 Å². The first-order valence-electron chi connectivity index (χ1n) is 5.65. The van der Waals surface area contributed by atoms with Crippen LogP contribution in [0.3, 0.4) is 0 Å². The van der Waals surface area contributed by atoms with E-state index in [1.54, 1.807) is 11.5 Å². The van der Waals surface area contributed by atoms with Crippen molar-refractivity contribution in [1.29, 1.82) is 0 Å². The molecule has 0 bridgehead atoms. The van der Waals surface area contributed by atoms with Crippen LogP contribution in [0.2, 0.25) is 0 Å². The SMILES string of the molecule is CC(=O)n1cc(C)c2cnc3cc(Br)ccc3c21. The molecule has 2 heterocycles. The van der Waals surface area contributed by atoms with Crippen molar-refractivity contribution in [1.82, 2.24) is 9.55 Å². The van der Waals surface area contributed by atoms with E-state index >= 15 is 0 Å². The molecule has 0 N–H and O–H groups in total. The summed E-state index contributed by atoms with van der Waals surface area (Å²) in [6, 6.07) is 5.92. The number of hydrogen-bond donors (Lipinski definition) is 0. The van der Waals surface area contributed by atoms with E-state index in [9.17, 15) is 4.79 Å². The van der Waals surface area contributed by atoms with Gasteiger partial charge in [-0.25, -0.2) is 0 Å². The Kier molecular flexibility index (Phi) is 2.48. The van der Waals surface area contributed by atoms with E-state index in [1.807, 2.05) is 37.5 Å². The third kappa shape index (κ3) is 1.56. The molecule has 0 spiro atoms. The summed E-state index contributed by atoms with van der Waals surface area (Å²) in [7, 11) is 0. The van der Waals surface area contributed by atoms with Gasteiger partial charge >= 0.3 is 0 Å². The van der Waals surface area contributed by atoms with Crippen molar-refractivity contribution in [3.8, 4) is 0 Å². The monoisotopic (exact) mass is 302 g/mol. The van der Waals surface area contributed by atoms with Crippen LogP contribution in [0.15, 0.2) is 35.1 Å². The van der Waals surface area contributed by atoms with Crippen molar-refractivity contribution in [2.75, 3.05) is 0 Å². The maximum Gasteiger partial charge on any atom is 0.227 e. The highest BCUT2D eigenvalue weighted by atomic mass is 79.9. The standard InChI is InChI=1S/C14H11BrN2O/c1-8-7-17(9(2)18)14-11-4-3-10(15)5-13(11)16-6-12(8)14/h3-7H,1-2H3. The number of carbonyl (C=O) groups is 1. The molecule has 0 atom stereocenters. The number of halogens is 1. The predicted octanol–water partition coefficient (Wildman–Crippen LogP) is 3.92. The molecule has 0 fully saturated rings. The van der Waals surface area contributed by atoms with E-state index in [0.29, 0.717) is 0 Å². The lowest BCUT2D eigenvalue weighted by molar-refractivity contribution is 0.0941. The lowest BCUT2D eigenvalue weighted by atomic mass is 10.1. The van der Waals surface area contributed by atoms with Crippen molar-refractivity contribution in [2.45, 2.75) is 13.8 Å². The maximum absolute atomic E-state index is 11.7. The van der Waals surface area contributed by atoms with Crippen molar-refractivity contribution in [3.63, 3.8) is 0 Å². The van der Waals surface area contributed by atoms with Gasteiger partial charge in [-0.1, -0.05) is 15.9 Å². The smallest absolute Gasteiger partial charge is 0.227 e. The van der Waals surface area contributed by atoms with Crippen molar-refractivity contribution in [3.05, 3.63) is 40.6 Å². The van der Waals surface area contributed by atoms with E-state index in [-0.39, 0.29) is 5.91 Å². The highest BCUT2D eigenvalue weighted by molar-refractivity contribution is 9.10. The van der Waals surface area contributed by atoms with Crippen LogP contribution in [0.4, 0.5) is 0 Å². The Morgan fingerprint density at radius 1 is 1.33 bits per heavy atom. The molecule has 0 amide bonds. The maximum atomic E-state index is 11.7. The molecule has 3 rings (SSSR count). The number of aromatic nitrogens is 2. The Morgan fingerprint density at radius 3 is 2.83 bits per heavy atom. The summed E-state index contributed by atoms with van der Waals surface area (Å²) in [4.78, 5) is 16.2. The first-order valence-corrected chi connectivity index (χ1v) is 6.44. The molecule has 0 aliphatic rings. The van der Waals surface area contributed by atoms with Gasteiger partial charge in [0.2, 0.25) is 5.91 Å². The van der Waals surface area contributed by atoms with Crippen molar-refractivity contribution in [2.24, 2.45) is 0 Å². The number of fused-ring (bicyclic) bond motifs is 3. The van der Waals surface area contributed by atoms with Gasteiger partial charge in [0.25, 0.3) is 0 Å². The van der Waals surface area contributed by atoms with Crippen LogP contribution < -0.4 is 0 Å². The predicted molar refractivity (Wildman–Crippen MR) is 76.0 cm³/mol. The number of rotatable bonds is 0. The minimum Gasteiger partial charge on any atom is -0.286 e. The molecule has 18 heavy (non-hydrogen) atoms. The third-order valence-corrected chi connectivity index (χ3v) is 3.62. The Hall–Kier alpha value is -1.68. The minimum atomic E-state index is 0.0171. The molecular formula is C14H11BrN2O. The summed E-state index contributed by atoms with van der Waals surface area (Å²) in [5.74, 6) is 0.0171. The van der Waals surface area contributed by atoms with Crippen LogP contribution in [-0.4, -0.2) is 15.5 Å². The fraction of sp³-hybridized carbons (Fsp3) is 0.143. The normalized spacial score (nSPS) is 11.3. The van der Waals surface area contributed by atoms with Gasteiger partial charge in [-0.05, 0) is 30.7 Å². The second kappa shape index (κ2) is 3.92. The van der Waals surface area contributed by atoms with E-state index in [4.69, 9.17) is 0 Å². The van der Waals surface area contributed by atoms with Gasteiger partial charge in [0.15, 0.2) is 0 Å². The summed E-state index contributed by atoms with van der Waals surface area (Å²) >= 11 is 3.44. The highest BCUT2D eigenvalue weighted by Gasteiger charge is 2.12.